The average Bonchev–Trinajstić information content (AvgIpc) is 3.08. The van der Waals surface area contributed by atoms with Gasteiger partial charge in [-0.25, -0.2) is 0 Å². The lowest BCUT2D eigenvalue weighted by Gasteiger charge is -2.20. The highest BCUT2D eigenvalue weighted by molar-refractivity contribution is 9.10. The van der Waals surface area contributed by atoms with Crippen molar-refractivity contribution in [3.8, 4) is 0 Å². The Balaban J connectivity index is 1.33. The number of hydrogen-bond donors (Lipinski definition) is 0. The van der Waals surface area contributed by atoms with E-state index in [1.165, 1.54) is 42.6 Å². The molecule has 0 N–H and O–H groups in total. The van der Waals surface area contributed by atoms with Crippen molar-refractivity contribution < 1.29 is 4.79 Å². The number of nitrogens with zero attached hydrogens (tertiary/aromatic N) is 2. The van der Waals surface area contributed by atoms with E-state index in [4.69, 9.17) is 0 Å². The van der Waals surface area contributed by atoms with E-state index in [0.717, 1.165) is 36.1 Å². The Hall–Kier alpha value is -1.65. The predicted molar refractivity (Wildman–Crippen MR) is 112 cm³/mol. The van der Waals surface area contributed by atoms with Crippen LogP contribution in [-0.2, 0) is 17.8 Å². The number of carbonyl (C=O) groups excluding carboxylic acids is 1. The van der Waals surface area contributed by atoms with Gasteiger partial charge in [-0.1, -0.05) is 40.2 Å². The van der Waals surface area contributed by atoms with Gasteiger partial charge in [-0.2, -0.15) is 0 Å². The second-order valence-electron chi connectivity index (χ2n) is 8.14. The van der Waals surface area contributed by atoms with Crippen molar-refractivity contribution in [1.29, 1.82) is 0 Å². The van der Waals surface area contributed by atoms with E-state index in [-0.39, 0.29) is 5.92 Å². The summed E-state index contributed by atoms with van der Waals surface area (Å²) < 4.78 is 1.09. The number of amides is 1. The first kappa shape index (κ1) is 17.4. The highest BCUT2D eigenvalue weighted by Gasteiger charge is 2.47. The van der Waals surface area contributed by atoms with E-state index < -0.39 is 0 Å². The maximum absolute atomic E-state index is 13.2. The van der Waals surface area contributed by atoms with Crippen LogP contribution in [0.3, 0.4) is 0 Å². The number of carbonyl (C=O) groups is 1. The quantitative estimate of drug-likeness (QED) is 0.707. The van der Waals surface area contributed by atoms with E-state index >= 15 is 0 Å². The summed E-state index contributed by atoms with van der Waals surface area (Å²) >= 11 is 3.55. The van der Waals surface area contributed by atoms with Gasteiger partial charge < -0.3 is 4.90 Å². The van der Waals surface area contributed by atoms with Crippen molar-refractivity contribution in [3.63, 3.8) is 0 Å². The maximum atomic E-state index is 13.2. The molecule has 1 saturated carbocycles. The number of hydrogen-bond acceptors (Lipinski definition) is 2. The summed E-state index contributed by atoms with van der Waals surface area (Å²) in [6.45, 7) is 4.30. The molecular weight excluding hydrogens is 400 g/mol. The molecule has 2 fully saturated rings. The normalized spacial score (nSPS) is 24.3. The monoisotopic (exact) mass is 424 g/mol. The van der Waals surface area contributed by atoms with Gasteiger partial charge in [0.2, 0.25) is 5.91 Å². The van der Waals surface area contributed by atoms with Crippen LogP contribution in [0.2, 0.25) is 0 Å². The summed E-state index contributed by atoms with van der Waals surface area (Å²) in [4.78, 5) is 17.8. The van der Waals surface area contributed by atoms with Crippen molar-refractivity contribution >= 4 is 27.5 Å². The molecule has 27 heavy (non-hydrogen) atoms. The number of benzene rings is 2. The topological polar surface area (TPSA) is 23.6 Å². The van der Waals surface area contributed by atoms with Crippen molar-refractivity contribution in [3.05, 3.63) is 63.6 Å². The van der Waals surface area contributed by atoms with Crippen molar-refractivity contribution in [1.82, 2.24) is 4.90 Å². The summed E-state index contributed by atoms with van der Waals surface area (Å²) in [5.74, 6) is 0.844. The zero-order valence-corrected chi connectivity index (χ0v) is 17.1. The fourth-order valence-corrected chi connectivity index (χ4v) is 5.26. The van der Waals surface area contributed by atoms with Gasteiger partial charge in [0.15, 0.2) is 0 Å². The van der Waals surface area contributed by atoms with Gasteiger partial charge in [0.25, 0.3) is 0 Å². The summed E-state index contributed by atoms with van der Waals surface area (Å²) in [5.41, 5.74) is 5.27. The lowest BCUT2D eigenvalue weighted by atomic mass is 10.0. The van der Waals surface area contributed by atoms with Crippen LogP contribution in [0.15, 0.2) is 46.9 Å². The standard InChI is InChI=1S/C23H25BrN2O/c24-18-7-3-5-16(13-18)20-14-21(20)23(27)26-12-9-19-17(6-4-8-22(19)26)15-25-10-1-2-11-25/h3-8,13,20-21H,1-2,9-12,14-15H2/t20-,21+/m0/s1. The molecular formula is C23H25BrN2O. The average molecular weight is 425 g/mol. The van der Waals surface area contributed by atoms with Gasteiger partial charge in [0, 0.05) is 29.2 Å². The maximum Gasteiger partial charge on any atom is 0.230 e. The van der Waals surface area contributed by atoms with Crippen LogP contribution in [-0.4, -0.2) is 30.4 Å². The van der Waals surface area contributed by atoms with Crippen LogP contribution < -0.4 is 4.90 Å². The molecule has 140 valence electrons. The number of fused-ring (bicyclic) bond motifs is 1. The molecule has 0 unspecified atom stereocenters. The summed E-state index contributed by atoms with van der Waals surface area (Å²) in [6, 6.07) is 14.9. The largest absolute Gasteiger partial charge is 0.312 e. The molecule has 2 aliphatic heterocycles. The minimum atomic E-state index is 0.146. The number of halogens is 1. The first-order valence-electron chi connectivity index (χ1n) is 10.1. The number of anilines is 1. The molecule has 2 aromatic rings. The van der Waals surface area contributed by atoms with Gasteiger partial charge in [0.05, 0.1) is 0 Å². The highest BCUT2D eigenvalue weighted by atomic mass is 79.9. The Morgan fingerprint density at radius 2 is 1.89 bits per heavy atom. The molecule has 1 amide bonds. The molecule has 2 atom stereocenters. The third-order valence-corrected chi connectivity index (χ3v) is 6.86. The minimum Gasteiger partial charge on any atom is -0.312 e. The Kier molecular flexibility index (Phi) is 4.57. The molecule has 4 heteroatoms. The van der Waals surface area contributed by atoms with Gasteiger partial charge in [-0.15, -0.1) is 0 Å². The van der Waals surface area contributed by atoms with E-state index in [1.807, 2.05) is 6.07 Å². The van der Waals surface area contributed by atoms with Crippen LogP contribution >= 0.6 is 15.9 Å². The first-order chi connectivity index (χ1) is 13.2. The van der Waals surface area contributed by atoms with Crippen molar-refractivity contribution in [2.75, 3.05) is 24.5 Å². The molecule has 3 aliphatic rings. The van der Waals surface area contributed by atoms with Crippen molar-refractivity contribution in [2.45, 2.75) is 38.1 Å². The van der Waals surface area contributed by atoms with Gasteiger partial charge in [-0.05, 0) is 79.6 Å². The van der Waals surface area contributed by atoms with Gasteiger partial charge in [0.1, 0.15) is 0 Å². The molecule has 2 heterocycles. The lowest BCUT2D eigenvalue weighted by molar-refractivity contribution is -0.119. The third-order valence-electron chi connectivity index (χ3n) is 6.37. The number of likely N-dealkylation sites (tertiary alicyclic amines) is 1. The molecule has 1 aliphatic carbocycles. The van der Waals surface area contributed by atoms with E-state index in [9.17, 15) is 4.79 Å². The molecule has 5 rings (SSSR count). The Bertz CT molecular complexity index is 874. The first-order valence-corrected chi connectivity index (χ1v) is 10.9. The van der Waals surface area contributed by atoms with E-state index in [2.05, 4.69) is 62.1 Å². The van der Waals surface area contributed by atoms with Crippen LogP contribution in [0.1, 0.15) is 41.9 Å². The summed E-state index contributed by atoms with van der Waals surface area (Å²) in [6.07, 6.45) is 4.62. The van der Waals surface area contributed by atoms with Gasteiger partial charge in [-0.3, -0.25) is 9.69 Å². The van der Waals surface area contributed by atoms with Crippen LogP contribution in [0.4, 0.5) is 5.69 Å². The Labute approximate surface area is 169 Å². The molecule has 3 nitrogen and oxygen atoms in total. The minimum absolute atomic E-state index is 0.146. The van der Waals surface area contributed by atoms with Gasteiger partial charge >= 0.3 is 0 Å². The summed E-state index contributed by atoms with van der Waals surface area (Å²) in [7, 11) is 0. The van der Waals surface area contributed by atoms with Crippen LogP contribution in [0.25, 0.3) is 0 Å². The summed E-state index contributed by atoms with van der Waals surface area (Å²) in [5, 5.41) is 0. The molecule has 1 saturated heterocycles. The smallest absolute Gasteiger partial charge is 0.230 e. The Morgan fingerprint density at radius 3 is 2.70 bits per heavy atom. The highest BCUT2D eigenvalue weighted by Crippen LogP contribution is 2.50. The van der Waals surface area contributed by atoms with Crippen molar-refractivity contribution in [2.24, 2.45) is 5.92 Å². The fraction of sp³-hybridized carbons (Fsp3) is 0.435. The molecule has 0 spiro atoms. The second-order valence-corrected chi connectivity index (χ2v) is 9.06. The van der Waals surface area contributed by atoms with Crippen LogP contribution in [0, 0.1) is 5.92 Å². The van der Waals surface area contributed by atoms with Crippen LogP contribution in [0.5, 0.6) is 0 Å². The predicted octanol–water partition coefficient (Wildman–Crippen LogP) is 4.74. The number of rotatable bonds is 4. The lowest BCUT2D eigenvalue weighted by Crippen LogP contribution is -2.30. The molecule has 2 aromatic carbocycles. The van der Waals surface area contributed by atoms with E-state index in [0.29, 0.717) is 11.8 Å². The second kappa shape index (κ2) is 7.06. The molecule has 0 radical (unpaired) electrons. The molecule has 0 aromatic heterocycles. The molecule has 0 bridgehead atoms. The Morgan fingerprint density at radius 1 is 1.07 bits per heavy atom. The zero-order chi connectivity index (χ0) is 18.4. The van der Waals surface area contributed by atoms with E-state index in [1.54, 1.807) is 0 Å². The zero-order valence-electron chi connectivity index (χ0n) is 15.5. The third kappa shape index (κ3) is 3.34. The SMILES string of the molecule is O=C([C@@H]1C[C@H]1c1cccc(Br)c1)N1CCc2c(CN3CCCC3)cccc21. The fourth-order valence-electron chi connectivity index (χ4n) is 4.84.